The van der Waals surface area contributed by atoms with Crippen molar-refractivity contribution >= 4 is 22.9 Å². The van der Waals surface area contributed by atoms with Crippen LogP contribution in [-0.4, -0.2) is 0 Å². The molecule has 16 heavy (non-hydrogen) atoms. The molecule has 0 radical (unpaired) electrons. The Morgan fingerprint density at radius 2 is 1.88 bits per heavy atom. The van der Waals surface area contributed by atoms with Crippen molar-refractivity contribution in [3.8, 4) is 11.1 Å². The Kier molecular flexibility index (Phi) is 3.33. The lowest BCUT2D eigenvalue weighted by molar-refractivity contribution is 1.11. The summed E-state index contributed by atoms with van der Waals surface area (Å²) in [5, 5.41) is 2.92. The SMILES string of the molecule is Cc1cc(Cl)c(-c2csc(CN)c2)cc1C. The Bertz CT molecular complexity index is 517. The maximum atomic E-state index is 6.26. The molecule has 0 aliphatic heterocycles. The minimum absolute atomic E-state index is 0.590. The smallest absolute Gasteiger partial charge is 0.0487 e. The van der Waals surface area contributed by atoms with Gasteiger partial charge in [0.1, 0.15) is 0 Å². The largest absolute Gasteiger partial charge is 0.326 e. The van der Waals surface area contributed by atoms with Crippen molar-refractivity contribution in [2.24, 2.45) is 5.73 Å². The summed E-state index contributed by atoms with van der Waals surface area (Å²) in [5.41, 5.74) is 10.4. The van der Waals surface area contributed by atoms with Gasteiger partial charge in [0.05, 0.1) is 0 Å². The van der Waals surface area contributed by atoms with Crippen molar-refractivity contribution in [1.29, 1.82) is 0 Å². The second-order valence-electron chi connectivity index (χ2n) is 3.92. The van der Waals surface area contributed by atoms with E-state index >= 15 is 0 Å². The first-order valence-corrected chi connectivity index (χ1v) is 6.42. The van der Waals surface area contributed by atoms with Crippen LogP contribution in [0.4, 0.5) is 0 Å². The highest BCUT2D eigenvalue weighted by atomic mass is 35.5. The van der Waals surface area contributed by atoms with Crippen molar-refractivity contribution < 1.29 is 0 Å². The molecule has 0 bridgehead atoms. The Morgan fingerprint density at radius 1 is 1.19 bits per heavy atom. The Labute approximate surface area is 105 Å². The predicted molar refractivity (Wildman–Crippen MR) is 72.1 cm³/mol. The summed E-state index contributed by atoms with van der Waals surface area (Å²) < 4.78 is 0. The molecule has 0 spiro atoms. The van der Waals surface area contributed by atoms with E-state index in [1.165, 1.54) is 21.6 Å². The van der Waals surface area contributed by atoms with Crippen molar-refractivity contribution in [1.82, 2.24) is 0 Å². The molecule has 0 saturated carbocycles. The lowest BCUT2D eigenvalue weighted by Crippen LogP contribution is -1.91. The lowest BCUT2D eigenvalue weighted by Gasteiger charge is -2.06. The van der Waals surface area contributed by atoms with Gasteiger partial charge in [0.25, 0.3) is 0 Å². The zero-order valence-electron chi connectivity index (χ0n) is 9.38. The normalized spacial score (nSPS) is 10.8. The zero-order chi connectivity index (χ0) is 11.7. The molecule has 3 heteroatoms. The van der Waals surface area contributed by atoms with Crippen LogP contribution in [0, 0.1) is 13.8 Å². The summed E-state index contributed by atoms with van der Waals surface area (Å²) in [6, 6.07) is 6.27. The van der Waals surface area contributed by atoms with E-state index in [9.17, 15) is 0 Å². The third-order valence-corrected chi connectivity index (χ3v) is 4.02. The molecule has 2 N–H and O–H groups in total. The molecular formula is C13H14ClNS. The minimum Gasteiger partial charge on any atom is -0.326 e. The fourth-order valence-corrected chi connectivity index (χ4v) is 2.72. The molecule has 0 fully saturated rings. The minimum atomic E-state index is 0.590. The maximum Gasteiger partial charge on any atom is 0.0487 e. The van der Waals surface area contributed by atoms with Crippen LogP contribution in [0.3, 0.4) is 0 Å². The van der Waals surface area contributed by atoms with Gasteiger partial charge in [0.15, 0.2) is 0 Å². The van der Waals surface area contributed by atoms with Crippen LogP contribution in [0.1, 0.15) is 16.0 Å². The third-order valence-electron chi connectivity index (χ3n) is 2.75. The van der Waals surface area contributed by atoms with E-state index in [0.29, 0.717) is 6.54 Å². The number of hydrogen-bond acceptors (Lipinski definition) is 2. The molecule has 84 valence electrons. The van der Waals surface area contributed by atoms with Crippen molar-refractivity contribution in [3.63, 3.8) is 0 Å². The zero-order valence-corrected chi connectivity index (χ0v) is 11.0. The Hall–Kier alpha value is -0.830. The predicted octanol–water partition coefficient (Wildman–Crippen LogP) is 4.14. The van der Waals surface area contributed by atoms with Crippen LogP contribution in [-0.2, 0) is 6.54 Å². The van der Waals surface area contributed by atoms with Gasteiger partial charge in [0.2, 0.25) is 0 Å². The van der Waals surface area contributed by atoms with Gasteiger partial charge in [-0.1, -0.05) is 11.6 Å². The monoisotopic (exact) mass is 251 g/mol. The molecule has 2 rings (SSSR count). The van der Waals surface area contributed by atoms with Gasteiger partial charge in [0, 0.05) is 22.0 Å². The molecule has 0 aliphatic rings. The Morgan fingerprint density at radius 3 is 2.50 bits per heavy atom. The summed E-state index contributed by atoms with van der Waals surface area (Å²) in [4.78, 5) is 1.18. The van der Waals surface area contributed by atoms with E-state index in [1.54, 1.807) is 11.3 Å². The van der Waals surface area contributed by atoms with Crippen LogP contribution >= 0.6 is 22.9 Å². The van der Waals surface area contributed by atoms with Gasteiger partial charge in [-0.25, -0.2) is 0 Å². The highest BCUT2D eigenvalue weighted by molar-refractivity contribution is 7.10. The molecule has 0 atom stereocenters. The standard InChI is InChI=1S/C13H14ClNS/c1-8-3-12(13(14)4-9(8)2)10-5-11(6-15)16-7-10/h3-5,7H,6,15H2,1-2H3. The van der Waals surface area contributed by atoms with Crippen LogP contribution < -0.4 is 5.73 Å². The molecule has 2 aromatic rings. The van der Waals surface area contributed by atoms with Crippen molar-refractivity contribution in [2.45, 2.75) is 20.4 Å². The van der Waals surface area contributed by atoms with E-state index in [4.69, 9.17) is 17.3 Å². The number of aryl methyl sites for hydroxylation is 2. The molecular weight excluding hydrogens is 238 g/mol. The summed E-state index contributed by atoms with van der Waals surface area (Å²) >= 11 is 7.94. The molecule has 1 aromatic carbocycles. The summed E-state index contributed by atoms with van der Waals surface area (Å²) in [6.45, 7) is 4.77. The maximum absolute atomic E-state index is 6.26. The number of halogens is 1. The second kappa shape index (κ2) is 4.58. The first-order valence-electron chi connectivity index (χ1n) is 5.16. The average molecular weight is 252 g/mol. The average Bonchev–Trinajstić information content (AvgIpc) is 2.71. The third kappa shape index (κ3) is 2.14. The number of rotatable bonds is 2. The van der Waals surface area contributed by atoms with Gasteiger partial charge in [-0.2, -0.15) is 0 Å². The fraction of sp³-hybridized carbons (Fsp3) is 0.231. The molecule has 1 heterocycles. The van der Waals surface area contributed by atoms with Crippen LogP contribution in [0.2, 0.25) is 5.02 Å². The number of nitrogens with two attached hydrogens (primary N) is 1. The first-order chi connectivity index (χ1) is 7.61. The topological polar surface area (TPSA) is 26.0 Å². The molecule has 0 aliphatic carbocycles. The number of thiophene rings is 1. The van der Waals surface area contributed by atoms with Crippen molar-refractivity contribution in [2.75, 3.05) is 0 Å². The molecule has 0 saturated heterocycles. The van der Waals surface area contributed by atoms with Crippen LogP contribution in [0.15, 0.2) is 23.6 Å². The highest BCUT2D eigenvalue weighted by Crippen LogP contribution is 2.33. The van der Waals surface area contributed by atoms with Gasteiger partial charge < -0.3 is 5.73 Å². The fourth-order valence-electron chi connectivity index (χ4n) is 1.63. The summed E-state index contributed by atoms with van der Waals surface area (Å²) in [5.74, 6) is 0. The number of benzene rings is 1. The van der Waals surface area contributed by atoms with E-state index < -0.39 is 0 Å². The van der Waals surface area contributed by atoms with Crippen molar-refractivity contribution in [3.05, 3.63) is 44.6 Å². The Balaban J connectivity index is 2.51. The van der Waals surface area contributed by atoms with Gasteiger partial charge in [-0.15, -0.1) is 11.3 Å². The van der Waals surface area contributed by atoms with E-state index in [0.717, 1.165) is 10.6 Å². The first kappa shape index (κ1) is 11.6. The van der Waals surface area contributed by atoms with Gasteiger partial charge in [-0.3, -0.25) is 0 Å². The van der Waals surface area contributed by atoms with Gasteiger partial charge in [-0.05, 0) is 54.1 Å². The van der Waals surface area contributed by atoms with Crippen LogP contribution in [0.25, 0.3) is 11.1 Å². The second-order valence-corrected chi connectivity index (χ2v) is 5.33. The number of hydrogen-bond donors (Lipinski definition) is 1. The van der Waals surface area contributed by atoms with Gasteiger partial charge >= 0.3 is 0 Å². The van der Waals surface area contributed by atoms with E-state index in [2.05, 4.69) is 31.4 Å². The highest BCUT2D eigenvalue weighted by Gasteiger charge is 2.07. The summed E-state index contributed by atoms with van der Waals surface area (Å²) in [6.07, 6.45) is 0. The molecule has 1 nitrogen and oxygen atoms in total. The summed E-state index contributed by atoms with van der Waals surface area (Å²) in [7, 11) is 0. The van der Waals surface area contributed by atoms with Crippen LogP contribution in [0.5, 0.6) is 0 Å². The molecule has 1 aromatic heterocycles. The van der Waals surface area contributed by atoms with E-state index in [1.807, 2.05) is 6.07 Å². The lowest BCUT2D eigenvalue weighted by atomic mass is 10.0. The van der Waals surface area contributed by atoms with E-state index in [-0.39, 0.29) is 0 Å². The quantitative estimate of drug-likeness (QED) is 0.853. The molecule has 0 unspecified atom stereocenters. The molecule has 0 amide bonds.